The van der Waals surface area contributed by atoms with Crippen molar-refractivity contribution >= 4 is 0 Å². The van der Waals surface area contributed by atoms with Crippen LogP contribution in [-0.4, -0.2) is 0 Å². The molecule has 0 bridgehead atoms. The molecule has 0 saturated carbocycles. The quantitative estimate of drug-likeness (QED) is 0.474. The highest BCUT2D eigenvalue weighted by molar-refractivity contribution is 5.08. The maximum Gasteiger partial charge on any atom is -0.0164 e. The summed E-state index contributed by atoms with van der Waals surface area (Å²) in [5.41, 5.74) is 0. The van der Waals surface area contributed by atoms with E-state index in [0.29, 0.717) is 0 Å². The Morgan fingerprint density at radius 3 is 2.42 bits per heavy atom. The van der Waals surface area contributed by atoms with E-state index in [4.69, 9.17) is 0 Å². The summed E-state index contributed by atoms with van der Waals surface area (Å²) in [7, 11) is 0. The summed E-state index contributed by atoms with van der Waals surface area (Å²) in [4.78, 5) is 0. The molecule has 1 radical (unpaired) electrons. The number of hydrogen-bond acceptors (Lipinski definition) is 0. The Balaban J connectivity index is 2.30. The number of allylic oxidation sites excluding steroid dienone is 6. The van der Waals surface area contributed by atoms with Crippen molar-refractivity contribution in [3.63, 3.8) is 0 Å². The van der Waals surface area contributed by atoms with Crippen molar-refractivity contribution in [2.45, 2.75) is 32.1 Å². The molecular formula is C12H17. The Hall–Kier alpha value is -0.780. The van der Waals surface area contributed by atoms with Crippen molar-refractivity contribution in [3.05, 3.63) is 42.9 Å². The van der Waals surface area contributed by atoms with Gasteiger partial charge >= 0.3 is 0 Å². The molecule has 12 heavy (non-hydrogen) atoms. The minimum absolute atomic E-state index is 1.17. The van der Waals surface area contributed by atoms with Crippen LogP contribution in [0.2, 0.25) is 0 Å². The van der Waals surface area contributed by atoms with E-state index >= 15 is 0 Å². The summed E-state index contributed by atoms with van der Waals surface area (Å²) in [6.45, 7) is 0. The second-order valence-corrected chi connectivity index (χ2v) is 3.03. The Kier molecular flexibility index (Phi) is 5.35. The standard InChI is InChI=1S/C12H17/c1-2-4-6-8-10-12-11-9-7-5-3-1/h1-5,10,12H,6-9,11H2/b2-1+,5-3-,12-10-. The molecule has 0 heterocycles. The van der Waals surface area contributed by atoms with E-state index in [0.717, 1.165) is 0 Å². The lowest BCUT2D eigenvalue weighted by molar-refractivity contribution is 0.860. The monoisotopic (exact) mass is 161 g/mol. The molecule has 1 aliphatic rings. The Morgan fingerprint density at radius 2 is 1.42 bits per heavy atom. The van der Waals surface area contributed by atoms with Crippen LogP contribution in [0.3, 0.4) is 0 Å². The van der Waals surface area contributed by atoms with E-state index in [-0.39, 0.29) is 0 Å². The molecule has 1 rings (SSSR count). The van der Waals surface area contributed by atoms with Crippen molar-refractivity contribution < 1.29 is 0 Å². The first kappa shape index (κ1) is 9.31. The normalized spacial score (nSPS) is 28.0. The molecule has 0 amide bonds. The molecule has 0 heteroatoms. The minimum Gasteiger partial charge on any atom is -0.0885 e. The van der Waals surface area contributed by atoms with Gasteiger partial charge in [0.05, 0.1) is 0 Å². The van der Waals surface area contributed by atoms with Crippen LogP contribution in [0.15, 0.2) is 36.5 Å². The van der Waals surface area contributed by atoms with Gasteiger partial charge in [-0.3, -0.25) is 0 Å². The molecule has 0 aliphatic heterocycles. The van der Waals surface area contributed by atoms with E-state index in [2.05, 4.69) is 42.9 Å². The highest BCUT2D eigenvalue weighted by Gasteiger charge is 1.83. The van der Waals surface area contributed by atoms with Gasteiger partial charge in [0.15, 0.2) is 0 Å². The fourth-order valence-electron chi connectivity index (χ4n) is 1.20. The van der Waals surface area contributed by atoms with Crippen molar-refractivity contribution in [3.8, 4) is 0 Å². The topological polar surface area (TPSA) is 0 Å². The third kappa shape index (κ3) is 4.95. The van der Waals surface area contributed by atoms with E-state index in [1.54, 1.807) is 0 Å². The van der Waals surface area contributed by atoms with E-state index in [1.807, 2.05) is 0 Å². The summed E-state index contributed by atoms with van der Waals surface area (Å²) in [5.74, 6) is 0. The molecule has 0 nitrogen and oxygen atoms in total. The molecule has 0 saturated heterocycles. The highest BCUT2D eigenvalue weighted by Crippen LogP contribution is 2.03. The summed E-state index contributed by atoms with van der Waals surface area (Å²) < 4.78 is 0. The van der Waals surface area contributed by atoms with E-state index < -0.39 is 0 Å². The van der Waals surface area contributed by atoms with Crippen LogP contribution in [0.1, 0.15) is 32.1 Å². The van der Waals surface area contributed by atoms with Gasteiger partial charge < -0.3 is 0 Å². The predicted molar refractivity (Wildman–Crippen MR) is 54.8 cm³/mol. The zero-order valence-corrected chi connectivity index (χ0v) is 7.58. The molecule has 0 aromatic rings. The maximum atomic E-state index is 2.30. The number of hydrogen-bond donors (Lipinski definition) is 0. The van der Waals surface area contributed by atoms with E-state index in [9.17, 15) is 0 Å². The highest BCUT2D eigenvalue weighted by atomic mass is 13.9. The van der Waals surface area contributed by atoms with Crippen molar-refractivity contribution in [2.24, 2.45) is 0 Å². The number of rotatable bonds is 0. The fourth-order valence-corrected chi connectivity index (χ4v) is 1.20. The Labute approximate surface area is 75.7 Å². The second kappa shape index (κ2) is 6.90. The Morgan fingerprint density at radius 1 is 0.583 bits per heavy atom. The molecule has 0 aromatic heterocycles. The summed E-state index contributed by atoms with van der Waals surface area (Å²) in [5, 5.41) is 0. The van der Waals surface area contributed by atoms with Crippen LogP contribution in [0.5, 0.6) is 0 Å². The lowest BCUT2D eigenvalue weighted by Gasteiger charge is -1.93. The average Bonchev–Trinajstić information content (AvgIpc) is 2.05. The molecule has 65 valence electrons. The van der Waals surface area contributed by atoms with Gasteiger partial charge in [0.1, 0.15) is 0 Å². The molecule has 0 atom stereocenters. The van der Waals surface area contributed by atoms with Gasteiger partial charge in [-0.25, -0.2) is 0 Å². The molecule has 1 aliphatic carbocycles. The zero-order valence-electron chi connectivity index (χ0n) is 7.58. The molecule has 0 N–H and O–H groups in total. The summed E-state index contributed by atoms with van der Waals surface area (Å²) >= 11 is 0. The largest absolute Gasteiger partial charge is 0.0885 e. The average molecular weight is 161 g/mol. The lowest BCUT2D eigenvalue weighted by atomic mass is 10.1. The molecular weight excluding hydrogens is 144 g/mol. The van der Waals surface area contributed by atoms with Crippen molar-refractivity contribution in [2.75, 3.05) is 0 Å². The van der Waals surface area contributed by atoms with Crippen molar-refractivity contribution in [1.29, 1.82) is 0 Å². The minimum atomic E-state index is 1.17. The first-order valence-electron chi connectivity index (χ1n) is 4.80. The van der Waals surface area contributed by atoms with Gasteiger partial charge in [0.2, 0.25) is 0 Å². The molecule has 0 unspecified atom stereocenters. The molecule has 0 spiro atoms. The van der Waals surface area contributed by atoms with Crippen LogP contribution in [0.4, 0.5) is 0 Å². The first-order chi connectivity index (χ1) is 6.00. The van der Waals surface area contributed by atoms with Crippen LogP contribution in [-0.2, 0) is 0 Å². The molecule has 0 aromatic carbocycles. The smallest absolute Gasteiger partial charge is 0.0164 e. The Bertz CT molecular complexity index is 152. The van der Waals surface area contributed by atoms with Crippen molar-refractivity contribution in [1.82, 2.24) is 0 Å². The van der Waals surface area contributed by atoms with Gasteiger partial charge in [-0.05, 0) is 38.5 Å². The van der Waals surface area contributed by atoms with Gasteiger partial charge in [-0.15, -0.1) is 0 Å². The van der Waals surface area contributed by atoms with Gasteiger partial charge in [-0.2, -0.15) is 0 Å². The van der Waals surface area contributed by atoms with Crippen LogP contribution in [0.25, 0.3) is 0 Å². The molecule has 0 fully saturated rings. The van der Waals surface area contributed by atoms with E-state index in [1.165, 1.54) is 32.1 Å². The maximum absolute atomic E-state index is 2.30. The predicted octanol–water partition coefficient (Wildman–Crippen LogP) is 3.82. The fraction of sp³-hybridized carbons (Fsp3) is 0.417. The van der Waals surface area contributed by atoms with Gasteiger partial charge in [0, 0.05) is 0 Å². The van der Waals surface area contributed by atoms with Crippen LogP contribution < -0.4 is 0 Å². The SMILES string of the molecule is [CH]1/C=C/C=C\CCC/C=C\CC1. The lowest BCUT2D eigenvalue weighted by Crippen LogP contribution is -1.73. The summed E-state index contributed by atoms with van der Waals surface area (Å²) in [6, 6.07) is 0. The third-order valence-electron chi connectivity index (χ3n) is 1.90. The van der Waals surface area contributed by atoms with Crippen LogP contribution >= 0.6 is 0 Å². The zero-order chi connectivity index (χ0) is 8.49. The first-order valence-corrected chi connectivity index (χ1v) is 4.80. The van der Waals surface area contributed by atoms with Crippen LogP contribution in [0, 0.1) is 6.42 Å². The third-order valence-corrected chi connectivity index (χ3v) is 1.90. The van der Waals surface area contributed by atoms with Gasteiger partial charge in [0.25, 0.3) is 0 Å². The van der Waals surface area contributed by atoms with Gasteiger partial charge in [-0.1, -0.05) is 36.5 Å². The second-order valence-electron chi connectivity index (χ2n) is 3.03. The summed E-state index contributed by atoms with van der Waals surface area (Å²) in [6.07, 6.45) is 21.5.